The summed E-state index contributed by atoms with van der Waals surface area (Å²) < 4.78 is 18.5. The van der Waals surface area contributed by atoms with Crippen LogP contribution >= 0.6 is 12.4 Å². The third-order valence-corrected chi connectivity index (χ3v) is 5.94. The Morgan fingerprint density at radius 2 is 1.90 bits per heavy atom. The highest BCUT2D eigenvalue weighted by molar-refractivity contribution is 5.85. The predicted octanol–water partition coefficient (Wildman–Crippen LogP) is 2.94. The van der Waals surface area contributed by atoms with Crippen LogP contribution in [0.4, 0.5) is 5.82 Å². The van der Waals surface area contributed by atoms with Crippen LogP contribution in [0.5, 0.6) is 11.5 Å². The van der Waals surface area contributed by atoms with E-state index in [2.05, 4.69) is 27.1 Å². The number of hydrogen-bond donors (Lipinski definition) is 0. The van der Waals surface area contributed by atoms with Crippen molar-refractivity contribution >= 4 is 23.7 Å². The summed E-state index contributed by atoms with van der Waals surface area (Å²) in [5.74, 6) is 3.64. The Balaban J connectivity index is 0.00000218. The van der Waals surface area contributed by atoms with Crippen LogP contribution in [0.25, 0.3) is 5.52 Å². The summed E-state index contributed by atoms with van der Waals surface area (Å²) in [5, 5.41) is 4.46. The molecular formula is C21H26ClN5O3. The minimum atomic E-state index is 0. The van der Waals surface area contributed by atoms with Gasteiger partial charge >= 0.3 is 0 Å². The Bertz CT molecular complexity index is 1060. The Kier molecular flexibility index (Phi) is 5.71. The fraction of sp³-hybridized carbons (Fsp3) is 0.476. The molecule has 1 fully saturated rings. The molecule has 30 heavy (non-hydrogen) atoms. The highest BCUT2D eigenvalue weighted by atomic mass is 35.5. The number of benzene rings is 1. The van der Waals surface area contributed by atoms with Crippen molar-refractivity contribution in [1.29, 1.82) is 0 Å². The fourth-order valence-corrected chi connectivity index (χ4v) is 4.42. The van der Waals surface area contributed by atoms with Gasteiger partial charge in [0.15, 0.2) is 17.3 Å². The second-order valence-corrected chi connectivity index (χ2v) is 7.60. The van der Waals surface area contributed by atoms with Gasteiger partial charge in [-0.05, 0) is 43.0 Å². The number of halogens is 1. The number of anilines is 1. The normalized spacial score (nSPS) is 18.2. The van der Waals surface area contributed by atoms with Gasteiger partial charge in [0.05, 0.1) is 26.5 Å². The summed E-state index contributed by atoms with van der Waals surface area (Å²) in [6.45, 7) is 5.11. The van der Waals surface area contributed by atoms with Crippen LogP contribution < -0.4 is 14.4 Å². The largest absolute Gasteiger partial charge is 0.493 e. The van der Waals surface area contributed by atoms with Gasteiger partial charge in [-0.2, -0.15) is 5.10 Å². The highest BCUT2D eigenvalue weighted by Gasteiger charge is 2.29. The second kappa shape index (κ2) is 8.28. The highest BCUT2D eigenvalue weighted by Crippen LogP contribution is 2.37. The van der Waals surface area contributed by atoms with Gasteiger partial charge in [-0.1, -0.05) is 0 Å². The van der Waals surface area contributed by atoms with Crippen molar-refractivity contribution in [2.24, 2.45) is 0 Å². The molecule has 2 aromatic heterocycles. The zero-order chi connectivity index (χ0) is 20.0. The van der Waals surface area contributed by atoms with Gasteiger partial charge in [-0.15, -0.1) is 12.4 Å². The molecule has 2 aliphatic rings. The molecule has 160 valence electrons. The molecule has 1 saturated heterocycles. The second-order valence-electron chi connectivity index (χ2n) is 7.60. The molecule has 0 bridgehead atoms. The average molecular weight is 432 g/mol. The molecule has 0 radical (unpaired) electrons. The van der Waals surface area contributed by atoms with Crippen molar-refractivity contribution in [1.82, 2.24) is 19.6 Å². The summed E-state index contributed by atoms with van der Waals surface area (Å²) in [4.78, 5) is 11.8. The maximum absolute atomic E-state index is 5.62. The number of methoxy groups -OCH3 is 2. The number of ether oxygens (including phenoxy) is 3. The van der Waals surface area contributed by atoms with Crippen molar-refractivity contribution in [3.63, 3.8) is 0 Å². The number of imidazole rings is 1. The van der Waals surface area contributed by atoms with Gasteiger partial charge in [-0.3, -0.25) is 0 Å². The van der Waals surface area contributed by atoms with E-state index in [0.29, 0.717) is 12.5 Å². The fourth-order valence-electron chi connectivity index (χ4n) is 4.42. The summed E-state index contributed by atoms with van der Waals surface area (Å²) in [5.41, 5.74) is 4.57. The first-order valence-corrected chi connectivity index (χ1v) is 9.96. The standard InChI is InChI=1S/C21H25N5O3.ClH/c1-13-24-19(15-5-7-29-11-15)20-21(22-12-23-26(13)20)25-6-4-14-8-17(27-2)18(28-3)9-16(14)10-25;/h8-9,12,15H,4-7,10-11H2,1-3H3;1H/t15-;/m1./s1. The lowest BCUT2D eigenvalue weighted by Gasteiger charge is -2.31. The van der Waals surface area contributed by atoms with E-state index in [1.54, 1.807) is 20.5 Å². The summed E-state index contributed by atoms with van der Waals surface area (Å²) in [6, 6.07) is 4.16. The lowest BCUT2D eigenvalue weighted by Crippen LogP contribution is -2.31. The number of hydrogen-bond acceptors (Lipinski definition) is 7. The van der Waals surface area contributed by atoms with Crippen molar-refractivity contribution in [2.75, 3.05) is 38.9 Å². The average Bonchev–Trinajstić information content (AvgIpc) is 3.40. The quantitative estimate of drug-likeness (QED) is 0.628. The maximum Gasteiger partial charge on any atom is 0.161 e. The Labute approximate surface area is 181 Å². The van der Waals surface area contributed by atoms with E-state index >= 15 is 0 Å². The van der Waals surface area contributed by atoms with Crippen LogP contribution in [-0.2, 0) is 17.7 Å². The minimum Gasteiger partial charge on any atom is -0.493 e. The van der Waals surface area contributed by atoms with E-state index in [1.165, 1.54) is 11.1 Å². The molecule has 8 nitrogen and oxygen atoms in total. The monoisotopic (exact) mass is 431 g/mol. The molecule has 0 N–H and O–H groups in total. The molecule has 0 amide bonds. The first kappa shape index (κ1) is 20.7. The molecule has 0 unspecified atom stereocenters. The van der Waals surface area contributed by atoms with Gasteiger partial charge in [-0.25, -0.2) is 14.5 Å². The summed E-state index contributed by atoms with van der Waals surface area (Å²) in [7, 11) is 3.34. The SMILES string of the molecule is COc1cc2c(cc1OC)CN(c1ncnn3c(C)nc([C@@H]4CCOC4)c13)CC2.Cl. The van der Waals surface area contributed by atoms with Crippen molar-refractivity contribution in [2.45, 2.75) is 32.2 Å². The molecule has 9 heteroatoms. The Morgan fingerprint density at radius 3 is 2.60 bits per heavy atom. The van der Waals surface area contributed by atoms with E-state index in [1.807, 2.05) is 11.4 Å². The number of fused-ring (bicyclic) bond motifs is 2. The van der Waals surface area contributed by atoms with Crippen LogP contribution in [0.1, 0.15) is 35.0 Å². The van der Waals surface area contributed by atoms with Crippen LogP contribution in [0.2, 0.25) is 0 Å². The molecule has 5 rings (SSSR count). The van der Waals surface area contributed by atoms with Crippen molar-refractivity contribution in [3.8, 4) is 11.5 Å². The van der Waals surface area contributed by atoms with Gasteiger partial charge < -0.3 is 19.1 Å². The van der Waals surface area contributed by atoms with Gasteiger partial charge in [0.1, 0.15) is 17.7 Å². The number of aryl methyl sites for hydroxylation is 1. The minimum absolute atomic E-state index is 0. The molecule has 4 heterocycles. The van der Waals surface area contributed by atoms with Gasteiger partial charge in [0.25, 0.3) is 0 Å². The third kappa shape index (κ3) is 3.33. The molecule has 1 atom stereocenters. The Hall–Kier alpha value is -2.58. The van der Waals surface area contributed by atoms with Crippen LogP contribution in [0.3, 0.4) is 0 Å². The zero-order valence-electron chi connectivity index (χ0n) is 17.4. The molecule has 3 aromatic rings. The summed E-state index contributed by atoms with van der Waals surface area (Å²) >= 11 is 0. The van der Waals surface area contributed by atoms with Gasteiger partial charge in [0.2, 0.25) is 0 Å². The van der Waals surface area contributed by atoms with Crippen molar-refractivity contribution < 1.29 is 14.2 Å². The van der Waals surface area contributed by atoms with E-state index in [0.717, 1.165) is 66.9 Å². The first-order valence-electron chi connectivity index (χ1n) is 9.96. The molecule has 0 aliphatic carbocycles. The van der Waals surface area contributed by atoms with E-state index in [4.69, 9.17) is 19.2 Å². The topological polar surface area (TPSA) is 74.0 Å². The van der Waals surface area contributed by atoms with E-state index < -0.39 is 0 Å². The van der Waals surface area contributed by atoms with E-state index in [9.17, 15) is 0 Å². The smallest absolute Gasteiger partial charge is 0.161 e. The molecule has 1 aromatic carbocycles. The lowest BCUT2D eigenvalue weighted by molar-refractivity contribution is 0.193. The van der Waals surface area contributed by atoms with Crippen LogP contribution in [-0.4, -0.2) is 53.6 Å². The predicted molar refractivity (Wildman–Crippen MR) is 115 cm³/mol. The third-order valence-electron chi connectivity index (χ3n) is 5.94. The number of aromatic nitrogens is 4. The molecule has 2 aliphatic heterocycles. The van der Waals surface area contributed by atoms with Crippen LogP contribution in [0.15, 0.2) is 18.5 Å². The summed E-state index contributed by atoms with van der Waals surface area (Å²) in [6.07, 6.45) is 3.52. The maximum atomic E-state index is 5.62. The lowest BCUT2D eigenvalue weighted by atomic mass is 9.98. The van der Waals surface area contributed by atoms with Gasteiger partial charge in [0, 0.05) is 25.6 Å². The van der Waals surface area contributed by atoms with E-state index in [-0.39, 0.29) is 12.4 Å². The van der Waals surface area contributed by atoms with Crippen LogP contribution in [0, 0.1) is 6.92 Å². The Morgan fingerprint density at radius 1 is 1.13 bits per heavy atom. The number of rotatable bonds is 4. The molecule has 0 saturated carbocycles. The van der Waals surface area contributed by atoms with Crippen molar-refractivity contribution in [3.05, 3.63) is 41.1 Å². The first-order chi connectivity index (χ1) is 14.2. The zero-order valence-corrected chi connectivity index (χ0v) is 18.2. The number of nitrogens with zero attached hydrogens (tertiary/aromatic N) is 5. The molecular weight excluding hydrogens is 406 g/mol. The molecule has 0 spiro atoms.